The molecule has 2 saturated heterocycles. The molecule has 9 nitrogen and oxygen atoms in total. The summed E-state index contributed by atoms with van der Waals surface area (Å²) in [5.74, 6) is 0.746. The highest BCUT2D eigenvalue weighted by molar-refractivity contribution is 6.02. The lowest BCUT2D eigenvalue weighted by Crippen LogP contribution is -2.30. The third-order valence-corrected chi connectivity index (χ3v) is 8.41. The predicted molar refractivity (Wildman–Crippen MR) is 145 cm³/mol. The number of anilines is 1. The second kappa shape index (κ2) is 10.7. The van der Waals surface area contributed by atoms with E-state index in [9.17, 15) is 9.59 Å². The first-order chi connectivity index (χ1) is 18.6. The van der Waals surface area contributed by atoms with Gasteiger partial charge in [-0.25, -0.2) is 4.98 Å². The number of benzene rings is 1. The van der Waals surface area contributed by atoms with Crippen LogP contribution in [0.2, 0.25) is 0 Å². The Kier molecular flexibility index (Phi) is 7.02. The topological polar surface area (TPSA) is 96.5 Å². The zero-order valence-corrected chi connectivity index (χ0v) is 21.9. The molecule has 1 saturated carbocycles. The summed E-state index contributed by atoms with van der Waals surface area (Å²) in [5.41, 5.74) is 3.95. The van der Waals surface area contributed by atoms with Crippen LogP contribution in [0.3, 0.4) is 0 Å². The quantitative estimate of drug-likeness (QED) is 0.450. The Labute approximate surface area is 222 Å². The lowest BCUT2D eigenvalue weighted by Gasteiger charge is -2.22. The van der Waals surface area contributed by atoms with Gasteiger partial charge in [0.2, 0.25) is 17.6 Å². The molecule has 2 aliphatic heterocycles. The maximum absolute atomic E-state index is 13.2. The molecule has 1 atom stereocenters. The minimum absolute atomic E-state index is 0.0335. The highest BCUT2D eigenvalue weighted by Gasteiger charge is 2.28. The number of amides is 2. The second-order valence-corrected chi connectivity index (χ2v) is 10.9. The molecule has 2 amide bonds. The van der Waals surface area contributed by atoms with Crippen molar-refractivity contribution in [1.82, 2.24) is 24.5 Å². The van der Waals surface area contributed by atoms with Gasteiger partial charge in [0.15, 0.2) is 0 Å². The number of aromatic nitrogens is 3. The molecule has 6 rings (SSSR count). The molecule has 2 aromatic heterocycles. The van der Waals surface area contributed by atoms with Crippen LogP contribution in [0.5, 0.6) is 0 Å². The molecule has 0 unspecified atom stereocenters. The zero-order valence-electron chi connectivity index (χ0n) is 21.9. The molecule has 0 bridgehead atoms. The van der Waals surface area contributed by atoms with Crippen LogP contribution in [0, 0.1) is 0 Å². The third-order valence-electron chi connectivity index (χ3n) is 8.41. The summed E-state index contributed by atoms with van der Waals surface area (Å²) in [5, 5.41) is 7.18. The molecule has 1 aliphatic carbocycles. The van der Waals surface area contributed by atoms with Crippen LogP contribution in [0.25, 0.3) is 11.0 Å². The number of rotatable bonds is 7. The number of fused-ring (bicyclic) bond motifs is 1. The van der Waals surface area contributed by atoms with Crippen molar-refractivity contribution in [1.29, 1.82) is 0 Å². The van der Waals surface area contributed by atoms with E-state index in [0.717, 1.165) is 68.5 Å². The van der Waals surface area contributed by atoms with Crippen molar-refractivity contribution in [2.24, 2.45) is 0 Å². The fourth-order valence-electron chi connectivity index (χ4n) is 6.04. The van der Waals surface area contributed by atoms with Crippen molar-refractivity contribution >= 4 is 28.8 Å². The van der Waals surface area contributed by atoms with E-state index in [-0.39, 0.29) is 23.6 Å². The number of carbonyl (C=O) groups excluding carboxylic acids is 2. The number of nitrogens with one attached hydrogen (secondary N) is 1. The molecule has 3 fully saturated rings. The standard InChI is InChI=1S/C29H36N6O3/c1-2-27(36)34-15-6-9-22(12-16-34)35-25-11-10-20(19-33-13-3-4-14-33)17-24(25)30-29(35)31-28(37)26-18-23(32-38-26)21-7-5-8-21/h2,10-11,17-18,21-22H,1,3-9,12-16,19H2,(H,30,31,37)/t22-/m1/s1. The average Bonchev–Trinajstić information content (AvgIpc) is 3.60. The molecule has 3 aliphatic rings. The summed E-state index contributed by atoms with van der Waals surface area (Å²) in [6, 6.07) is 8.32. The summed E-state index contributed by atoms with van der Waals surface area (Å²) < 4.78 is 7.57. The maximum Gasteiger partial charge on any atom is 0.296 e. The molecular weight excluding hydrogens is 480 g/mol. The van der Waals surface area contributed by atoms with Crippen molar-refractivity contribution in [3.8, 4) is 0 Å². The van der Waals surface area contributed by atoms with Gasteiger partial charge in [0, 0.05) is 37.7 Å². The molecule has 4 heterocycles. The minimum Gasteiger partial charge on any atom is -0.351 e. The number of carbonyl (C=O) groups is 2. The van der Waals surface area contributed by atoms with Crippen LogP contribution in [0.4, 0.5) is 5.95 Å². The van der Waals surface area contributed by atoms with Crippen molar-refractivity contribution in [2.75, 3.05) is 31.5 Å². The van der Waals surface area contributed by atoms with E-state index < -0.39 is 0 Å². The second-order valence-electron chi connectivity index (χ2n) is 10.9. The summed E-state index contributed by atoms with van der Waals surface area (Å²) in [4.78, 5) is 34.7. The van der Waals surface area contributed by atoms with E-state index >= 15 is 0 Å². The molecule has 3 aromatic rings. The van der Waals surface area contributed by atoms with Gasteiger partial charge in [-0.05, 0) is 81.8 Å². The van der Waals surface area contributed by atoms with Crippen LogP contribution in [0.15, 0.2) is 41.4 Å². The van der Waals surface area contributed by atoms with E-state index in [1.807, 2.05) is 4.90 Å². The molecule has 38 heavy (non-hydrogen) atoms. The molecule has 0 radical (unpaired) electrons. The molecule has 1 N–H and O–H groups in total. The number of hydrogen-bond donors (Lipinski definition) is 1. The van der Waals surface area contributed by atoms with E-state index in [1.165, 1.54) is 30.9 Å². The highest BCUT2D eigenvalue weighted by atomic mass is 16.5. The van der Waals surface area contributed by atoms with Gasteiger partial charge in [-0.2, -0.15) is 0 Å². The van der Waals surface area contributed by atoms with Gasteiger partial charge in [-0.1, -0.05) is 24.2 Å². The maximum atomic E-state index is 13.2. The molecule has 9 heteroatoms. The largest absolute Gasteiger partial charge is 0.351 e. The summed E-state index contributed by atoms with van der Waals surface area (Å²) in [6.45, 7) is 8.17. The fourth-order valence-corrected chi connectivity index (χ4v) is 6.04. The Morgan fingerprint density at radius 2 is 1.87 bits per heavy atom. The Hall–Kier alpha value is -3.46. The Bertz CT molecular complexity index is 1330. The van der Waals surface area contributed by atoms with Crippen LogP contribution in [-0.4, -0.2) is 62.5 Å². The van der Waals surface area contributed by atoms with Crippen LogP contribution in [-0.2, 0) is 11.3 Å². The van der Waals surface area contributed by atoms with Crippen LogP contribution >= 0.6 is 0 Å². The Morgan fingerprint density at radius 3 is 2.63 bits per heavy atom. The molecule has 0 spiro atoms. The minimum atomic E-state index is -0.339. The summed E-state index contributed by atoms with van der Waals surface area (Å²) in [7, 11) is 0. The van der Waals surface area contributed by atoms with Gasteiger partial charge in [0.05, 0.1) is 16.7 Å². The van der Waals surface area contributed by atoms with Gasteiger partial charge in [-0.3, -0.25) is 19.8 Å². The Morgan fingerprint density at radius 1 is 1.03 bits per heavy atom. The highest BCUT2D eigenvalue weighted by Crippen LogP contribution is 2.36. The van der Waals surface area contributed by atoms with Crippen molar-refractivity contribution in [3.63, 3.8) is 0 Å². The normalized spacial score (nSPS) is 20.8. The number of likely N-dealkylation sites (tertiary alicyclic amines) is 2. The first-order valence-electron chi connectivity index (χ1n) is 14.0. The number of imidazole rings is 1. The van der Waals surface area contributed by atoms with Gasteiger partial charge in [0.1, 0.15) is 0 Å². The third kappa shape index (κ3) is 4.99. The van der Waals surface area contributed by atoms with Crippen molar-refractivity contribution in [2.45, 2.75) is 69.9 Å². The van der Waals surface area contributed by atoms with Crippen LogP contribution in [0.1, 0.15) is 85.1 Å². The van der Waals surface area contributed by atoms with E-state index in [0.29, 0.717) is 25.0 Å². The number of nitrogens with zero attached hydrogens (tertiary/aromatic N) is 5. The van der Waals surface area contributed by atoms with Crippen molar-refractivity contribution in [3.05, 3.63) is 53.9 Å². The number of hydrogen-bond acceptors (Lipinski definition) is 6. The smallest absolute Gasteiger partial charge is 0.296 e. The molecule has 200 valence electrons. The first kappa shape index (κ1) is 24.9. The van der Waals surface area contributed by atoms with E-state index in [1.54, 1.807) is 6.07 Å². The van der Waals surface area contributed by atoms with Gasteiger partial charge in [-0.15, -0.1) is 0 Å². The Balaban J connectivity index is 1.30. The van der Waals surface area contributed by atoms with Crippen LogP contribution < -0.4 is 5.32 Å². The van der Waals surface area contributed by atoms with Crippen molar-refractivity contribution < 1.29 is 14.1 Å². The van der Waals surface area contributed by atoms with Gasteiger partial charge >= 0.3 is 0 Å². The van der Waals surface area contributed by atoms with E-state index in [4.69, 9.17) is 9.51 Å². The molecular formula is C29H36N6O3. The fraction of sp³-hybridized carbons (Fsp3) is 0.517. The lowest BCUT2D eigenvalue weighted by atomic mass is 9.83. The SMILES string of the molecule is C=CC(=O)N1CCC[C@@H](n2c(NC(=O)c3cc(C4CCC4)no3)nc3cc(CN4CCCC4)ccc32)CC1. The predicted octanol–water partition coefficient (Wildman–Crippen LogP) is 4.88. The van der Waals surface area contributed by atoms with E-state index in [2.05, 4.69) is 44.7 Å². The average molecular weight is 517 g/mol. The zero-order chi connectivity index (χ0) is 26.1. The van der Waals surface area contributed by atoms with Gasteiger partial charge < -0.3 is 14.0 Å². The molecule has 1 aromatic carbocycles. The summed E-state index contributed by atoms with van der Waals surface area (Å²) >= 11 is 0. The van der Waals surface area contributed by atoms with Gasteiger partial charge in [0.25, 0.3) is 5.91 Å². The monoisotopic (exact) mass is 516 g/mol. The lowest BCUT2D eigenvalue weighted by molar-refractivity contribution is -0.125. The first-order valence-corrected chi connectivity index (χ1v) is 14.0. The summed E-state index contributed by atoms with van der Waals surface area (Å²) in [6.07, 6.45) is 9.81.